The maximum Gasteiger partial charge on any atom is 0.0566 e. The van der Waals surface area contributed by atoms with Crippen molar-refractivity contribution in [3.63, 3.8) is 0 Å². The lowest BCUT2D eigenvalue weighted by molar-refractivity contribution is 0.0548. The quantitative estimate of drug-likeness (QED) is 0.305. The van der Waals surface area contributed by atoms with Crippen LogP contribution in [0.3, 0.4) is 0 Å². The van der Waals surface area contributed by atoms with E-state index in [0.29, 0.717) is 5.92 Å². The van der Waals surface area contributed by atoms with Crippen molar-refractivity contribution in [1.82, 2.24) is 0 Å². The average molecular weight is 485 g/mol. The predicted molar refractivity (Wildman–Crippen MR) is 160 cm³/mol. The van der Waals surface area contributed by atoms with E-state index in [4.69, 9.17) is 0 Å². The van der Waals surface area contributed by atoms with Crippen LogP contribution in [-0.2, 0) is 0 Å². The Morgan fingerprint density at radius 3 is 1.41 bits per heavy atom. The molecular weight excluding hydrogens is 412 g/mol. The van der Waals surface area contributed by atoms with E-state index >= 15 is 0 Å². The number of hydrogen-bond acceptors (Lipinski definition) is 1. The fraction of sp³-hybridized carbons (Fsp3) is 1.00. The van der Waals surface area contributed by atoms with E-state index in [9.17, 15) is 5.11 Å². The van der Waals surface area contributed by atoms with Crippen molar-refractivity contribution in [2.24, 2.45) is 23.7 Å². The number of rotatable bonds is 10. The molecular formula is C33H72O. The third-order valence-corrected chi connectivity index (χ3v) is 7.15. The molecule has 1 nitrogen and oxygen atoms in total. The van der Waals surface area contributed by atoms with Crippen LogP contribution in [0, 0.1) is 23.7 Å². The molecule has 5 atom stereocenters. The van der Waals surface area contributed by atoms with Crippen LogP contribution in [0.25, 0.3) is 0 Å². The Kier molecular flexibility index (Phi) is 35.1. The fourth-order valence-corrected chi connectivity index (χ4v) is 5.23. The second kappa shape index (κ2) is 31.0. The van der Waals surface area contributed by atoms with Crippen molar-refractivity contribution in [3.8, 4) is 0 Å². The lowest BCUT2D eigenvalue weighted by atomic mass is 9.78. The van der Waals surface area contributed by atoms with Crippen LogP contribution in [-0.4, -0.2) is 11.2 Å². The number of unbranched alkanes of at least 4 members (excludes halogenated alkanes) is 8. The van der Waals surface area contributed by atoms with Crippen LogP contribution in [0.4, 0.5) is 0 Å². The van der Waals surface area contributed by atoms with Gasteiger partial charge in [0, 0.05) is 0 Å². The van der Waals surface area contributed by atoms with Crippen molar-refractivity contribution in [1.29, 1.82) is 0 Å². The van der Waals surface area contributed by atoms with Crippen LogP contribution in [0.5, 0.6) is 0 Å². The van der Waals surface area contributed by atoms with Gasteiger partial charge in [-0.25, -0.2) is 0 Å². The van der Waals surface area contributed by atoms with Gasteiger partial charge in [0.05, 0.1) is 6.10 Å². The molecule has 0 spiro atoms. The molecule has 2 rings (SSSR count). The fourth-order valence-electron chi connectivity index (χ4n) is 5.23. The molecule has 0 saturated heterocycles. The molecule has 0 amide bonds. The summed E-state index contributed by atoms with van der Waals surface area (Å²) >= 11 is 0. The van der Waals surface area contributed by atoms with Crippen molar-refractivity contribution in [2.75, 3.05) is 0 Å². The van der Waals surface area contributed by atoms with Gasteiger partial charge in [-0.1, -0.05) is 159 Å². The first-order chi connectivity index (χ1) is 16.4. The standard InChI is InChI=1S/C18H36O.C8H16.C3H8.2C2H6/c1-3-4-5-6-7-8-9-10-11-12-17-13-14-18(19)16(2)15-17;1-7-4-3-5-8(2)6-7;1-3-2;2*1-2/h16-19H,3-15H2,1-2H3;7-8H,3-6H2,1-2H3;3H2,1-2H3;2*1-2H3. The van der Waals surface area contributed by atoms with Gasteiger partial charge >= 0.3 is 0 Å². The molecule has 0 bridgehead atoms. The highest BCUT2D eigenvalue weighted by Gasteiger charge is 2.25. The maximum atomic E-state index is 9.73. The molecule has 0 aliphatic heterocycles. The summed E-state index contributed by atoms with van der Waals surface area (Å²) < 4.78 is 0. The predicted octanol–water partition coefficient (Wildman–Crippen LogP) is 12.0. The Balaban J connectivity index is -0.000000527. The molecule has 210 valence electrons. The number of aliphatic hydroxyl groups excluding tert-OH is 1. The Hall–Kier alpha value is -0.0400. The maximum absolute atomic E-state index is 9.73. The van der Waals surface area contributed by atoms with Crippen molar-refractivity contribution < 1.29 is 5.11 Å². The van der Waals surface area contributed by atoms with Gasteiger partial charge in [0.1, 0.15) is 0 Å². The molecule has 1 heteroatoms. The SMILES string of the molecule is CC.CC.CC1CCCC(C)C1.CCC.CCCCCCCCCCCC1CCC(O)C(C)C1. The summed E-state index contributed by atoms with van der Waals surface area (Å²) in [5.74, 6) is 3.47. The highest BCUT2D eigenvalue weighted by atomic mass is 16.3. The molecule has 0 aromatic rings. The van der Waals surface area contributed by atoms with E-state index in [1.807, 2.05) is 27.7 Å². The second-order valence-corrected chi connectivity index (χ2v) is 10.9. The van der Waals surface area contributed by atoms with Gasteiger partial charge in [0.2, 0.25) is 0 Å². The zero-order valence-electron chi connectivity index (χ0n) is 26.1. The summed E-state index contributed by atoms with van der Waals surface area (Å²) in [5, 5.41) is 9.73. The summed E-state index contributed by atoms with van der Waals surface area (Å²) in [6, 6.07) is 0. The van der Waals surface area contributed by atoms with Crippen molar-refractivity contribution in [3.05, 3.63) is 0 Å². The van der Waals surface area contributed by atoms with Crippen molar-refractivity contribution in [2.45, 2.75) is 191 Å². The summed E-state index contributed by atoms with van der Waals surface area (Å²) in [4.78, 5) is 0. The molecule has 0 aromatic heterocycles. The second-order valence-electron chi connectivity index (χ2n) is 10.9. The zero-order chi connectivity index (χ0) is 26.6. The van der Waals surface area contributed by atoms with E-state index in [-0.39, 0.29) is 6.10 Å². The van der Waals surface area contributed by atoms with Crippen LogP contribution in [0.2, 0.25) is 0 Å². The first-order valence-electron chi connectivity index (χ1n) is 16.1. The van der Waals surface area contributed by atoms with E-state index in [1.54, 1.807) is 0 Å². The number of aliphatic hydroxyl groups is 1. The van der Waals surface area contributed by atoms with Gasteiger partial charge < -0.3 is 5.11 Å². The molecule has 34 heavy (non-hydrogen) atoms. The van der Waals surface area contributed by atoms with Gasteiger partial charge in [-0.15, -0.1) is 0 Å². The molecule has 0 radical (unpaired) electrons. The van der Waals surface area contributed by atoms with Crippen LogP contribution in [0.15, 0.2) is 0 Å². The van der Waals surface area contributed by atoms with Crippen LogP contribution in [0.1, 0.15) is 185 Å². The smallest absolute Gasteiger partial charge is 0.0566 e. The topological polar surface area (TPSA) is 20.2 Å². The molecule has 0 heterocycles. The average Bonchev–Trinajstić information content (AvgIpc) is 2.84. The van der Waals surface area contributed by atoms with E-state index in [0.717, 1.165) is 24.2 Å². The van der Waals surface area contributed by atoms with Gasteiger partial charge in [-0.05, 0) is 49.4 Å². The monoisotopic (exact) mass is 485 g/mol. The lowest BCUT2D eigenvalue weighted by Gasteiger charge is -2.31. The van der Waals surface area contributed by atoms with Gasteiger partial charge in [0.25, 0.3) is 0 Å². The Bertz CT molecular complexity index is 331. The molecule has 2 aliphatic rings. The van der Waals surface area contributed by atoms with Crippen LogP contribution >= 0.6 is 0 Å². The van der Waals surface area contributed by atoms with E-state index < -0.39 is 0 Å². The van der Waals surface area contributed by atoms with Crippen LogP contribution < -0.4 is 0 Å². The first kappa shape index (κ1) is 38.5. The number of hydrogen-bond donors (Lipinski definition) is 1. The third kappa shape index (κ3) is 26.6. The molecule has 2 aliphatic carbocycles. The summed E-state index contributed by atoms with van der Waals surface area (Å²) in [7, 11) is 0. The largest absolute Gasteiger partial charge is 0.393 e. The molecule has 0 aromatic carbocycles. The van der Waals surface area contributed by atoms with Gasteiger partial charge in [-0.3, -0.25) is 0 Å². The van der Waals surface area contributed by atoms with Gasteiger partial charge in [-0.2, -0.15) is 0 Å². The lowest BCUT2D eigenvalue weighted by Crippen LogP contribution is -2.26. The Labute approximate surface area is 219 Å². The summed E-state index contributed by atoms with van der Waals surface area (Å²) in [6.45, 7) is 21.5. The summed E-state index contributed by atoms with van der Waals surface area (Å²) in [5.41, 5.74) is 0. The normalized spacial score (nSPS) is 25.7. The molecule has 1 N–H and O–H groups in total. The third-order valence-electron chi connectivity index (χ3n) is 7.15. The zero-order valence-corrected chi connectivity index (χ0v) is 26.1. The Morgan fingerprint density at radius 1 is 0.588 bits per heavy atom. The molecule has 2 fully saturated rings. The highest BCUT2D eigenvalue weighted by Crippen LogP contribution is 2.32. The minimum atomic E-state index is -0.0145. The minimum Gasteiger partial charge on any atom is -0.393 e. The highest BCUT2D eigenvalue weighted by molar-refractivity contribution is 4.77. The summed E-state index contributed by atoms with van der Waals surface area (Å²) in [6.07, 6.45) is 25.0. The first-order valence-corrected chi connectivity index (χ1v) is 16.1. The van der Waals surface area contributed by atoms with Gasteiger partial charge in [0.15, 0.2) is 0 Å². The minimum absolute atomic E-state index is 0.0145. The molecule has 2 saturated carbocycles. The van der Waals surface area contributed by atoms with Crippen molar-refractivity contribution >= 4 is 0 Å². The van der Waals surface area contributed by atoms with E-state index in [2.05, 4.69) is 41.5 Å². The molecule has 5 unspecified atom stereocenters. The Morgan fingerprint density at radius 2 is 1.03 bits per heavy atom. The van der Waals surface area contributed by atoms with E-state index in [1.165, 1.54) is 109 Å².